The highest BCUT2D eigenvalue weighted by molar-refractivity contribution is 7.18. The van der Waals surface area contributed by atoms with Gasteiger partial charge in [0.15, 0.2) is 11.5 Å². The van der Waals surface area contributed by atoms with Gasteiger partial charge in [0.2, 0.25) is 5.91 Å². The molecule has 0 atom stereocenters. The quantitative estimate of drug-likeness (QED) is 0.468. The van der Waals surface area contributed by atoms with Gasteiger partial charge in [-0.2, -0.15) is 22.8 Å². The molecule has 0 saturated heterocycles. The molecule has 14 heteroatoms. The minimum absolute atomic E-state index is 0.0323. The number of hydrogen-bond donors (Lipinski definition) is 1. The molecule has 1 N–H and O–H groups in total. The molecule has 4 aromatic heterocycles. The van der Waals surface area contributed by atoms with Gasteiger partial charge in [-0.1, -0.05) is 13.8 Å². The molecule has 1 saturated carbocycles. The lowest BCUT2D eigenvalue weighted by Gasteiger charge is -2.11. The Morgan fingerprint density at radius 1 is 1.24 bits per heavy atom. The maximum Gasteiger partial charge on any atom is 0.453 e. The highest BCUT2D eigenvalue weighted by Gasteiger charge is 2.37. The van der Waals surface area contributed by atoms with Gasteiger partial charge in [-0.05, 0) is 30.9 Å². The summed E-state index contributed by atoms with van der Waals surface area (Å²) in [6, 6.07) is 2.54. The van der Waals surface area contributed by atoms with Crippen LogP contribution in [0.3, 0.4) is 0 Å². The summed E-state index contributed by atoms with van der Waals surface area (Å²) in [6.45, 7) is 3.41. The molecule has 5 rings (SSSR count). The van der Waals surface area contributed by atoms with E-state index in [0.29, 0.717) is 26.3 Å². The summed E-state index contributed by atoms with van der Waals surface area (Å²) in [5, 5.41) is 17.9. The van der Waals surface area contributed by atoms with Crippen molar-refractivity contribution in [3.05, 3.63) is 39.0 Å². The number of hydrogen-bond acceptors (Lipinski definition) is 8. The van der Waals surface area contributed by atoms with Crippen molar-refractivity contribution in [1.82, 2.24) is 34.6 Å². The number of rotatable bonds is 5. The Kier molecular flexibility index (Phi) is 4.92. The molecule has 4 heterocycles. The zero-order valence-electron chi connectivity index (χ0n) is 17.4. The van der Waals surface area contributed by atoms with Crippen LogP contribution in [-0.4, -0.2) is 40.5 Å². The number of fused-ring (bicyclic) bond motifs is 2. The van der Waals surface area contributed by atoms with Gasteiger partial charge in [0.05, 0.1) is 10.7 Å². The van der Waals surface area contributed by atoms with E-state index < -0.39 is 30.0 Å². The average Bonchev–Trinajstić information content (AvgIpc) is 3.33. The molecule has 0 radical (unpaired) electrons. The molecule has 4 aromatic rings. The summed E-state index contributed by atoms with van der Waals surface area (Å²) in [4.78, 5) is 30.2. The normalized spacial score (nSPS) is 14.5. The third-order valence-electron chi connectivity index (χ3n) is 5.09. The molecule has 1 aliphatic carbocycles. The second-order valence-electron chi connectivity index (χ2n) is 8.06. The molecule has 1 aliphatic rings. The zero-order valence-corrected chi connectivity index (χ0v) is 18.2. The second-order valence-corrected chi connectivity index (χ2v) is 9.10. The van der Waals surface area contributed by atoms with Crippen LogP contribution >= 0.6 is 11.3 Å². The van der Waals surface area contributed by atoms with E-state index in [2.05, 4.69) is 30.7 Å². The molecule has 1 amide bonds. The largest absolute Gasteiger partial charge is 0.453 e. The van der Waals surface area contributed by atoms with Gasteiger partial charge in [0, 0.05) is 5.92 Å². The summed E-state index contributed by atoms with van der Waals surface area (Å²) in [7, 11) is 0. The molecular formula is C19H17F3N8O2S. The van der Waals surface area contributed by atoms with Crippen molar-refractivity contribution < 1.29 is 18.0 Å². The SMILES string of the molecule is CC(C)c1nn(CC(=O)Nc2ccc3nnc(C(F)(F)F)n3n2)c(=O)c2sc(C3CC3)nc12. The first-order valence-electron chi connectivity index (χ1n) is 10.1. The molecule has 0 spiro atoms. The van der Waals surface area contributed by atoms with Gasteiger partial charge in [-0.25, -0.2) is 9.67 Å². The van der Waals surface area contributed by atoms with Crippen LogP contribution in [0.2, 0.25) is 0 Å². The number of thiazole rings is 1. The standard InChI is InChI=1S/C19H17F3N8O2S/c1-8(2)13-14-15(33-16(24-14)9-3-4-9)17(32)29(28-13)7-12(31)23-10-5-6-11-25-26-18(19(20,21)22)30(11)27-10/h5-6,8-9H,3-4,7H2,1-2H3,(H,23,27,31). The van der Waals surface area contributed by atoms with Crippen molar-refractivity contribution in [1.29, 1.82) is 0 Å². The van der Waals surface area contributed by atoms with Crippen molar-refractivity contribution in [3.63, 3.8) is 0 Å². The van der Waals surface area contributed by atoms with E-state index in [1.807, 2.05) is 13.8 Å². The number of halogens is 3. The van der Waals surface area contributed by atoms with Crippen LogP contribution in [-0.2, 0) is 17.5 Å². The van der Waals surface area contributed by atoms with Crippen LogP contribution < -0.4 is 10.9 Å². The first-order chi connectivity index (χ1) is 15.6. The lowest BCUT2D eigenvalue weighted by Crippen LogP contribution is -2.30. The van der Waals surface area contributed by atoms with Gasteiger partial charge in [0.1, 0.15) is 16.8 Å². The van der Waals surface area contributed by atoms with E-state index in [-0.39, 0.29) is 17.4 Å². The van der Waals surface area contributed by atoms with E-state index in [0.717, 1.165) is 22.5 Å². The highest BCUT2D eigenvalue weighted by Crippen LogP contribution is 2.43. The van der Waals surface area contributed by atoms with E-state index in [9.17, 15) is 22.8 Å². The number of aromatic nitrogens is 7. The smallest absolute Gasteiger partial charge is 0.308 e. The van der Waals surface area contributed by atoms with E-state index in [1.165, 1.54) is 23.5 Å². The van der Waals surface area contributed by atoms with Crippen LogP contribution in [0.5, 0.6) is 0 Å². The average molecular weight is 478 g/mol. The van der Waals surface area contributed by atoms with Crippen molar-refractivity contribution in [2.75, 3.05) is 5.32 Å². The summed E-state index contributed by atoms with van der Waals surface area (Å²) in [5.74, 6) is -1.78. The molecule has 1 fully saturated rings. The third-order valence-corrected chi connectivity index (χ3v) is 6.30. The second kappa shape index (κ2) is 7.57. The molecule has 10 nitrogen and oxygen atoms in total. The van der Waals surface area contributed by atoms with Crippen molar-refractivity contribution >= 4 is 38.9 Å². The van der Waals surface area contributed by atoms with Crippen LogP contribution in [0, 0.1) is 0 Å². The summed E-state index contributed by atoms with van der Waals surface area (Å²) in [5.41, 5.74) is 0.620. The Hall–Kier alpha value is -3.42. The fraction of sp³-hybridized carbons (Fsp3) is 0.421. The number of amides is 1. The van der Waals surface area contributed by atoms with E-state index in [4.69, 9.17) is 0 Å². The maximum atomic E-state index is 13.1. The number of carbonyl (C=O) groups excluding carboxylic acids is 1. The summed E-state index contributed by atoms with van der Waals surface area (Å²) in [6.07, 6.45) is -2.68. The van der Waals surface area contributed by atoms with Gasteiger partial charge in [0.25, 0.3) is 11.4 Å². The van der Waals surface area contributed by atoms with Crippen LogP contribution in [0.15, 0.2) is 16.9 Å². The Morgan fingerprint density at radius 3 is 2.67 bits per heavy atom. The molecular weight excluding hydrogens is 461 g/mol. The summed E-state index contributed by atoms with van der Waals surface area (Å²) < 4.78 is 41.2. The molecule has 0 bridgehead atoms. The minimum atomic E-state index is -4.76. The van der Waals surface area contributed by atoms with Crippen molar-refractivity contribution in [3.8, 4) is 0 Å². The fourth-order valence-corrected chi connectivity index (χ4v) is 4.53. The molecule has 172 valence electrons. The predicted molar refractivity (Wildman–Crippen MR) is 112 cm³/mol. The Morgan fingerprint density at radius 2 is 2.00 bits per heavy atom. The number of carbonyl (C=O) groups is 1. The number of nitrogens with zero attached hydrogens (tertiary/aromatic N) is 7. The molecule has 33 heavy (non-hydrogen) atoms. The first-order valence-corrected chi connectivity index (χ1v) is 10.9. The predicted octanol–water partition coefficient (Wildman–Crippen LogP) is 2.95. The van der Waals surface area contributed by atoms with Crippen molar-refractivity contribution in [2.45, 2.75) is 51.2 Å². The van der Waals surface area contributed by atoms with Gasteiger partial charge in [-0.15, -0.1) is 26.6 Å². The van der Waals surface area contributed by atoms with Gasteiger partial charge < -0.3 is 5.32 Å². The van der Waals surface area contributed by atoms with E-state index >= 15 is 0 Å². The Balaban J connectivity index is 1.44. The third kappa shape index (κ3) is 3.94. The van der Waals surface area contributed by atoms with Gasteiger partial charge in [-0.3, -0.25) is 9.59 Å². The number of anilines is 1. The summed E-state index contributed by atoms with van der Waals surface area (Å²) >= 11 is 1.33. The van der Waals surface area contributed by atoms with Crippen molar-refractivity contribution in [2.24, 2.45) is 0 Å². The fourth-order valence-electron chi connectivity index (χ4n) is 3.35. The van der Waals surface area contributed by atoms with Crippen LogP contribution in [0.25, 0.3) is 15.9 Å². The zero-order chi connectivity index (χ0) is 23.5. The van der Waals surface area contributed by atoms with Gasteiger partial charge >= 0.3 is 6.18 Å². The molecule has 0 unspecified atom stereocenters. The number of alkyl halides is 3. The monoisotopic (exact) mass is 478 g/mol. The topological polar surface area (TPSA) is 120 Å². The minimum Gasteiger partial charge on any atom is -0.308 e. The lowest BCUT2D eigenvalue weighted by molar-refractivity contribution is -0.146. The lowest BCUT2D eigenvalue weighted by atomic mass is 10.1. The maximum absolute atomic E-state index is 13.1. The number of nitrogens with one attached hydrogen (secondary N) is 1. The Bertz CT molecular complexity index is 1450. The van der Waals surface area contributed by atoms with Crippen LogP contribution in [0.1, 0.15) is 55.1 Å². The highest BCUT2D eigenvalue weighted by atomic mass is 32.1. The molecule has 0 aromatic carbocycles. The molecule has 0 aliphatic heterocycles. The van der Waals surface area contributed by atoms with E-state index in [1.54, 1.807) is 0 Å². The Labute approximate surface area is 187 Å². The first kappa shape index (κ1) is 21.4. The van der Waals surface area contributed by atoms with Crippen LogP contribution in [0.4, 0.5) is 19.0 Å².